The average Bonchev–Trinajstić information content (AvgIpc) is 3.21. The van der Waals surface area contributed by atoms with Crippen molar-refractivity contribution in [3.63, 3.8) is 0 Å². The fraction of sp³-hybridized carbons (Fsp3) is 0.286. The van der Waals surface area contributed by atoms with Crippen LogP contribution in [-0.2, 0) is 0 Å². The van der Waals surface area contributed by atoms with Gasteiger partial charge >= 0.3 is 0 Å². The molecule has 0 radical (unpaired) electrons. The Morgan fingerprint density at radius 2 is 1.93 bits per heavy atom. The lowest BCUT2D eigenvalue weighted by molar-refractivity contribution is 0.0784. The summed E-state index contributed by atoms with van der Waals surface area (Å²) in [5.74, 6) is 1.09. The van der Waals surface area contributed by atoms with E-state index < -0.39 is 0 Å². The van der Waals surface area contributed by atoms with E-state index >= 15 is 0 Å². The quantitative estimate of drug-likeness (QED) is 0.714. The minimum absolute atomic E-state index is 0.0341. The molecule has 0 saturated carbocycles. The van der Waals surface area contributed by atoms with E-state index in [1.807, 2.05) is 0 Å². The zero-order valence-electron chi connectivity index (χ0n) is 16.2. The molecule has 8 heteroatoms. The molecule has 1 unspecified atom stereocenters. The fourth-order valence-electron chi connectivity index (χ4n) is 3.55. The van der Waals surface area contributed by atoms with Gasteiger partial charge in [-0.3, -0.25) is 9.78 Å². The number of methoxy groups -OCH3 is 2. The number of nitrogens with one attached hydrogen (secondary N) is 1. The molecule has 1 aliphatic heterocycles. The highest BCUT2D eigenvalue weighted by Gasteiger charge is 2.30. The molecule has 1 atom stereocenters. The van der Waals surface area contributed by atoms with Crippen molar-refractivity contribution in [1.82, 2.24) is 14.9 Å². The molecule has 1 aromatic heterocycles. The summed E-state index contributed by atoms with van der Waals surface area (Å²) in [5.41, 5.74) is 1.54. The van der Waals surface area contributed by atoms with Crippen LogP contribution in [0.3, 0.4) is 0 Å². The van der Waals surface area contributed by atoms with Crippen molar-refractivity contribution in [3.8, 4) is 11.5 Å². The lowest BCUT2D eigenvalue weighted by Gasteiger charge is -2.20. The Labute approximate surface area is 167 Å². The Balaban J connectivity index is 1.48. The summed E-state index contributed by atoms with van der Waals surface area (Å²) < 4.78 is 24.0. The highest BCUT2D eigenvalue weighted by molar-refractivity contribution is 6.00. The number of carbonyl (C=O) groups excluding carboxylic acids is 1. The average molecular weight is 396 g/mol. The van der Waals surface area contributed by atoms with Gasteiger partial charge in [0, 0.05) is 25.2 Å². The number of fused-ring (bicyclic) bond motifs is 1. The van der Waals surface area contributed by atoms with Crippen molar-refractivity contribution in [1.29, 1.82) is 0 Å². The normalized spacial score (nSPS) is 16.1. The molecule has 1 aliphatic rings. The first-order valence-corrected chi connectivity index (χ1v) is 9.28. The molecular formula is C21H21FN4O3. The van der Waals surface area contributed by atoms with Gasteiger partial charge in [0.1, 0.15) is 28.7 Å². The van der Waals surface area contributed by atoms with E-state index in [1.54, 1.807) is 35.4 Å². The van der Waals surface area contributed by atoms with Crippen LogP contribution in [0.5, 0.6) is 11.5 Å². The Bertz CT molecular complexity index is 1040. The van der Waals surface area contributed by atoms with Gasteiger partial charge in [-0.2, -0.15) is 0 Å². The minimum Gasteiger partial charge on any atom is -0.496 e. The maximum absolute atomic E-state index is 13.3. The van der Waals surface area contributed by atoms with Gasteiger partial charge in [0.15, 0.2) is 0 Å². The summed E-state index contributed by atoms with van der Waals surface area (Å²) in [6.45, 7) is 1.12. The smallest absolute Gasteiger partial charge is 0.261 e. The summed E-state index contributed by atoms with van der Waals surface area (Å²) in [6, 6.07) is 9.62. The van der Waals surface area contributed by atoms with Gasteiger partial charge in [0.25, 0.3) is 5.91 Å². The summed E-state index contributed by atoms with van der Waals surface area (Å²) in [5, 5.41) is 3.32. The summed E-state index contributed by atoms with van der Waals surface area (Å²) >= 11 is 0. The third kappa shape index (κ3) is 3.78. The lowest BCUT2D eigenvalue weighted by Crippen LogP contribution is -2.32. The molecule has 150 valence electrons. The fourth-order valence-corrected chi connectivity index (χ4v) is 3.55. The molecule has 1 N–H and O–H groups in total. The van der Waals surface area contributed by atoms with E-state index in [9.17, 15) is 9.18 Å². The highest BCUT2D eigenvalue weighted by Crippen LogP contribution is 2.31. The van der Waals surface area contributed by atoms with Crippen LogP contribution in [0.25, 0.3) is 11.0 Å². The van der Waals surface area contributed by atoms with Crippen LogP contribution in [0.4, 0.5) is 10.2 Å². The second kappa shape index (κ2) is 7.90. The number of hydrogen-bond acceptors (Lipinski definition) is 6. The third-order valence-corrected chi connectivity index (χ3v) is 4.97. The van der Waals surface area contributed by atoms with Crippen molar-refractivity contribution < 1.29 is 18.7 Å². The van der Waals surface area contributed by atoms with Gasteiger partial charge in [0.2, 0.25) is 0 Å². The molecule has 7 nitrogen and oxygen atoms in total. The van der Waals surface area contributed by atoms with Gasteiger partial charge in [-0.15, -0.1) is 0 Å². The molecule has 1 saturated heterocycles. The second-order valence-corrected chi connectivity index (χ2v) is 6.81. The number of hydrogen-bond donors (Lipinski definition) is 1. The van der Waals surface area contributed by atoms with Gasteiger partial charge in [-0.25, -0.2) is 9.37 Å². The van der Waals surface area contributed by atoms with Crippen LogP contribution >= 0.6 is 0 Å². The SMILES string of the molecule is COc1cccc(OC)c1C(=O)N1CCC(Nc2cnc3cc(F)ccc3n2)C1. The van der Waals surface area contributed by atoms with Crippen molar-refractivity contribution >= 4 is 22.8 Å². The minimum atomic E-state index is -0.343. The van der Waals surface area contributed by atoms with E-state index in [1.165, 1.54) is 26.4 Å². The standard InChI is InChI=1S/C21H21FN4O3/c1-28-17-4-3-5-18(29-2)20(17)21(27)26-9-8-14(12-26)24-19-11-23-16-10-13(22)6-7-15(16)25-19/h3-7,10-11,14H,8-9,12H2,1-2H3,(H,24,25). The number of carbonyl (C=O) groups is 1. The zero-order chi connectivity index (χ0) is 20.4. The molecule has 2 aromatic carbocycles. The van der Waals surface area contributed by atoms with E-state index in [2.05, 4.69) is 15.3 Å². The van der Waals surface area contributed by atoms with Crippen LogP contribution in [0.1, 0.15) is 16.8 Å². The number of ether oxygens (including phenoxy) is 2. The number of aromatic nitrogens is 2. The maximum Gasteiger partial charge on any atom is 0.261 e. The van der Waals surface area contributed by atoms with Gasteiger partial charge in [-0.1, -0.05) is 6.07 Å². The second-order valence-electron chi connectivity index (χ2n) is 6.81. The predicted molar refractivity (Wildman–Crippen MR) is 107 cm³/mol. The zero-order valence-corrected chi connectivity index (χ0v) is 16.2. The summed E-state index contributed by atoms with van der Waals surface area (Å²) in [6.07, 6.45) is 2.35. The Morgan fingerprint density at radius 1 is 1.17 bits per heavy atom. The molecule has 1 amide bonds. The number of amides is 1. The number of nitrogens with zero attached hydrogens (tertiary/aromatic N) is 3. The topological polar surface area (TPSA) is 76.6 Å². The van der Waals surface area contributed by atoms with Gasteiger partial charge in [-0.05, 0) is 30.7 Å². The van der Waals surface area contributed by atoms with E-state index in [-0.39, 0.29) is 17.8 Å². The van der Waals surface area contributed by atoms with E-state index in [0.717, 1.165) is 6.42 Å². The predicted octanol–water partition coefficient (Wildman–Crippen LogP) is 3.11. The van der Waals surface area contributed by atoms with Crippen LogP contribution in [0.15, 0.2) is 42.6 Å². The Morgan fingerprint density at radius 3 is 2.66 bits per heavy atom. The lowest BCUT2D eigenvalue weighted by atomic mass is 10.1. The molecule has 1 fully saturated rings. The maximum atomic E-state index is 13.3. The van der Waals surface area contributed by atoms with Gasteiger partial charge in [0.05, 0.1) is 31.4 Å². The summed E-state index contributed by atoms with van der Waals surface area (Å²) in [4.78, 5) is 23.6. The van der Waals surface area contributed by atoms with E-state index in [0.29, 0.717) is 47.0 Å². The number of rotatable bonds is 5. The first kappa shape index (κ1) is 18.9. The molecule has 2 heterocycles. The van der Waals surface area contributed by atoms with E-state index in [4.69, 9.17) is 9.47 Å². The van der Waals surface area contributed by atoms with Crippen molar-refractivity contribution in [2.24, 2.45) is 0 Å². The van der Waals surface area contributed by atoms with Crippen LogP contribution in [0, 0.1) is 5.82 Å². The number of benzene rings is 2. The van der Waals surface area contributed by atoms with Crippen molar-refractivity contribution in [2.75, 3.05) is 32.6 Å². The van der Waals surface area contributed by atoms with Crippen LogP contribution in [0.2, 0.25) is 0 Å². The molecule has 0 aliphatic carbocycles. The monoisotopic (exact) mass is 396 g/mol. The number of anilines is 1. The molecule has 0 bridgehead atoms. The molecule has 0 spiro atoms. The highest BCUT2D eigenvalue weighted by atomic mass is 19.1. The molecule has 4 rings (SSSR count). The van der Waals surface area contributed by atoms with Crippen LogP contribution < -0.4 is 14.8 Å². The number of likely N-dealkylation sites (tertiary alicyclic amines) is 1. The van der Waals surface area contributed by atoms with Crippen LogP contribution in [-0.4, -0.2) is 54.1 Å². The Hall–Kier alpha value is -3.42. The van der Waals surface area contributed by atoms with Gasteiger partial charge < -0.3 is 19.7 Å². The first-order valence-electron chi connectivity index (χ1n) is 9.28. The molecule has 3 aromatic rings. The largest absolute Gasteiger partial charge is 0.496 e. The summed E-state index contributed by atoms with van der Waals surface area (Å²) in [7, 11) is 3.06. The Kier molecular flexibility index (Phi) is 5.16. The number of halogens is 1. The first-order chi connectivity index (χ1) is 14.1. The molecule has 29 heavy (non-hydrogen) atoms. The molecular weight excluding hydrogens is 375 g/mol. The van der Waals surface area contributed by atoms with Crippen molar-refractivity contribution in [3.05, 3.63) is 54.0 Å². The van der Waals surface area contributed by atoms with Crippen molar-refractivity contribution in [2.45, 2.75) is 12.5 Å². The third-order valence-electron chi connectivity index (χ3n) is 4.97.